The summed E-state index contributed by atoms with van der Waals surface area (Å²) in [5.41, 5.74) is 4.76. The third-order valence-electron chi connectivity index (χ3n) is 2.89. The standard InChI is InChI=1S/C17H17N3O2/c1-13-6-5-9-15(10-13)17(22)18-12-16(21)20-19-11-14-7-3-2-4-8-14/h2-11H,12H2,1H3,(H,18,22)(H,20,21)/b19-11+. The Labute approximate surface area is 129 Å². The van der Waals surface area contributed by atoms with Crippen molar-refractivity contribution in [2.24, 2.45) is 5.10 Å². The lowest BCUT2D eigenvalue weighted by atomic mass is 10.1. The van der Waals surface area contributed by atoms with Crippen molar-refractivity contribution >= 4 is 18.0 Å². The number of rotatable bonds is 5. The number of carbonyl (C=O) groups excluding carboxylic acids is 2. The Balaban J connectivity index is 1.78. The highest BCUT2D eigenvalue weighted by molar-refractivity contribution is 5.96. The minimum atomic E-state index is -0.381. The van der Waals surface area contributed by atoms with E-state index in [1.54, 1.807) is 24.4 Å². The number of hydrazone groups is 1. The molecule has 5 heteroatoms. The van der Waals surface area contributed by atoms with Gasteiger partial charge < -0.3 is 5.32 Å². The molecule has 0 aliphatic heterocycles. The summed E-state index contributed by atoms with van der Waals surface area (Å²) in [7, 11) is 0. The topological polar surface area (TPSA) is 70.6 Å². The van der Waals surface area contributed by atoms with Crippen LogP contribution in [0.15, 0.2) is 59.7 Å². The summed E-state index contributed by atoms with van der Waals surface area (Å²) >= 11 is 0. The molecule has 0 bridgehead atoms. The van der Waals surface area contributed by atoms with Crippen molar-refractivity contribution in [1.29, 1.82) is 0 Å². The van der Waals surface area contributed by atoms with Crippen molar-refractivity contribution in [2.45, 2.75) is 6.92 Å². The van der Waals surface area contributed by atoms with Crippen LogP contribution in [-0.2, 0) is 4.79 Å². The van der Waals surface area contributed by atoms with Crippen molar-refractivity contribution in [3.05, 3.63) is 71.3 Å². The number of nitrogens with zero attached hydrogens (tertiary/aromatic N) is 1. The fraction of sp³-hybridized carbons (Fsp3) is 0.118. The molecule has 0 heterocycles. The molecular formula is C17H17N3O2. The highest BCUT2D eigenvalue weighted by Gasteiger charge is 2.07. The third-order valence-corrected chi connectivity index (χ3v) is 2.89. The summed E-state index contributed by atoms with van der Waals surface area (Å²) in [5.74, 6) is -0.668. The molecule has 2 aromatic carbocycles. The molecule has 2 N–H and O–H groups in total. The van der Waals surface area contributed by atoms with Gasteiger partial charge in [-0.2, -0.15) is 5.10 Å². The largest absolute Gasteiger partial charge is 0.343 e. The number of carbonyl (C=O) groups is 2. The van der Waals surface area contributed by atoms with Gasteiger partial charge in [-0.1, -0.05) is 48.0 Å². The average molecular weight is 295 g/mol. The van der Waals surface area contributed by atoms with E-state index in [4.69, 9.17) is 0 Å². The van der Waals surface area contributed by atoms with Crippen molar-refractivity contribution in [3.63, 3.8) is 0 Å². The molecule has 0 saturated heterocycles. The van der Waals surface area contributed by atoms with Crippen LogP contribution in [0.2, 0.25) is 0 Å². The Hall–Kier alpha value is -2.95. The van der Waals surface area contributed by atoms with E-state index in [0.717, 1.165) is 11.1 Å². The van der Waals surface area contributed by atoms with E-state index in [1.165, 1.54) is 0 Å². The van der Waals surface area contributed by atoms with Gasteiger partial charge in [-0.3, -0.25) is 9.59 Å². The second-order valence-corrected chi connectivity index (χ2v) is 4.76. The van der Waals surface area contributed by atoms with Crippen LogP contribution in [0.5, 0.6) is 0 Å². The van der Waals surface area contributed by atoms with Gasteiger partial charge in [0.25, 0.3) is 11.8 Å². The molecule has 0 aliphatic carbocycles. The van der Waals surface area contributed by atoms with Crippen molar-refractivity contribution < 1.29 is 9.59 Å². The summed E-state index contributed by atoms with van der Waals surface area (Å²) in [6.07, 6.45) is 1.54. The minimum absolute atomic E-state index is 0.126. The van der Waals surface area contributed by atoms with Crippen LogP contribution in [0.3, 0.4) is 0 Å². The Morgan fingerprint density at radius 3 is 2.59 bits per heavy atom. The minimum Gasteiger partial charge on any atom is -0.343 e. The van der Waals surface area contributed by atoms with Crippen LogP contribution in [0.1, 0.15) is 21.5 Å². The highest BCUT2D eigenvalue weighted by Crippen LogP contribution is 2.03. The molecule has 0 fully saturated rings. The predicted molar refractivity (Wildman–Crippen MR) is 85.7 cm³/mol. The van der Waals surface area contributed by atoms with Gasteiger partial charge >= 0.3 is 0 Å². The average Bonchev–Trinajstić information content (AvgIpc) is 2.53. The van der Waals surface area contributed by atoms with Crippen LogP contribution in [0.25, 0.3) is 0 Å². The number of nitrogens with one attached hydrogen (secondary N) is 2. The molecular weight excluding hydrogens is 278 g/mol. The molecule has 112 valence electrons. The SMILES string of the molecule is Cc1cccc(C(=O)NCC(=O)N/N=C/c2ccccc2)c1. The second kappa shape index (κ2) is 7.73. The Morgan fingerprint density at radius 2 is 1.86 bits per heavy atom. The van der Waals surface area contributed by atoms with Crippen LogP contribution < -0.4 is 10.7 Å². The number of amides is 2. The van der Waals surface area contributed by atoms with Gasteiger partial charge in [-0.15, -0.1) is 0 Å². The number of hydrogen-bond acceptors (Lipinski definition) is 3. The Morgan fingerprint density at radius 1 is 1.09 bits per heavy atom. The molecule has 0 spiro atoms. The smallest absolute Gasteiger partial charge is 0.259 e. The van der Waals surface area contributed by atoms with E-state index in [2.05, 4.69) is 15.8 Å². The maximum atomic E-state index is 11.9. The van der Waals surface area contributed by atoms with Crippen LogP contribution in [-0.4, -0.2) is 24.6 Å². The molecule has 0 saturated carbocycles. The summed E-state index contributed by atoms with van der Waals surface area (Å²) in [4.78, 5) is 23.5. The molecule has 0 radical (unpaired) electrons. The molecule has 0 aliphatic rings. The molecule has 0 atom stereocenters. The zero-order valence-electron chi connectivity index (χ0n) is 12.2. The van der Waals surface area contributed by atoms with Gasteiger partial charge in [0, 0.05) is 5.56 Å². The summed E-state index contributed by atoms with van der Waals surface area (Å²) in [6.45, 7) is 1.78. The number of aryl methyl sites for hydroxylation is 1. The molecule has 2 rings (SSSR count). The Bertz CT molecular complexity index is 681. The van der Waals surface area contributed by atoms with E-state index in [1.807, 2.05) is 43.3 Å². The monoisotopic (exact) mass is 295 g/mol. The first-order chi connectivity index (χ1) is 10.6. The van der Waals surface area contributed by atoms with Gasteiger partial charge in [0.1, 0.15) is 0 Å². The lowest BCUT2D eigenvalue weighted by molar-refractivity contribution is -0.120. The van der Waals surface area contributed by atoms with Crippen LogP contribution in [0, 0.1) is 6.92 Å². The fourth-order valence-electron chi connectivity index (χ4n) is 1.81. The Kier molecular flexibility index (Phi) is 5.43. The van der Waals surface area contributed by atoms with Crippen molar-refractivity contribution in [2.75, 3.05) is 6.54 Å². The maximum absolute atomic E-state index is 11.9. The zero-order chi connectivity index (χ0) is 15.8. The summed E-state index contributed by atoms with van der Waals surface area (Å²) in [5, 5.41) is 6.38. The third kappa shape index (κ3) is 4.86. The first-order valence-corrected chi connectivity index (χ1v) is 6.87. The van der Waals surface area contributed by atoms with E-state index in [-0.39, 0.29) is 18.4 Å². The zero-order valence-corrected chi connectivity index (χ0v) is 12.2. The fourth-order valence-corrected chi connectivity index (χ4v) is 1.81. The molecule has 2 amide bonds. The van der Waals surface area contributed by atoms with Gasteiger partial charge in [0.05, 0.1) is 12.8 Å². The van der Waals surface area contributed by atoms with E-state index >= 15 is 0 Å². The maximum Gasteiger partial charge on any atom is 0.259 e. The predicted octanol–water partition coefficient (Wildman–Crippen LogP) is 1.88. The quantitative estimate of drug-likeness (QED) is 0.653. The first kappa shape index (κ1) is 15.4. The van der Waals surface area contributed by atoms with E-state index in [9.17, 15) is 9.59 Å². The van der Waals surface area contributed by atoms with Crippen LogP contribution in [0.4, 0.5) is 0 Å². The molecule has 0 unspecified atom stereocenters. The number of hydrogen-bond donors (Lipinski definition) is 2. The van der Waals surface area contributed by atoms with Crippen LogP contribution >= 0.6 is 0 Å². The van der Waals surface area contributed by atoms with Gasteiger partial charge in [-0.25, -0.2) is 5.43 Å². The van der Waals surface area contributed by atoms with Crippen molar-refractivity contribution in [1.82, 2.24) is 10.7 Å². The lowest BCUT2D eigenvalue weighted by Crippen LogP contribution is -2.34. The molecule has 0 aromatic heterocycles. The van der Waals surface area contributed by atoms with E-state index in [0.29, 0.717) is 5.56 Å². The van der Waals surface area contributed by atoms with Gasteiger partial charge in [0.15, 0.2) is 0 Å². The molecule has 2 aromatic rings. The van der Waals surface area contributed by atoms with Gasteiger partial charge in [-0.05, 0) is 24.6 Å². The summed E-state index contributed by atoms with van der Waals surface area (Å²) in [6, 6.07) is 16.6. The van der Waals surface area contributed by atoms with E-state index < -0.39 is 0 Å². The molecule has 22 heavy (non-hydrogen) atoms. The first-order valence-electron chi connectivity index (χ1n) is 6.87. The highest BCUT2D eigenvalue weighted by atomic mass is 16.2. The summed E-state index contributed by atoms with van der Waals surface area (Å²) < 4.78 is 0. The normalized spacial score (nSPS) is 10.4. The lowest BCUT2D eigenvalue weighted by Gasteiger charge is -2.04. The second-order valence-electron chi connectivity index (χ2n) is 4.76. The molecule has 5 nitrogen and oxygen atoms in total. The van der Waals surface area contributed by atoms with Gasteiger partial charge in [0.2, 0.25) is 0 Å². The number of benzene rings is 2. The van der Waals surface area contributed by atoms with Crippen molar-refractivity contribution in [3.8, 4) is 0 Å².